The third kappa shape index (κ3) is 3.03. The maximum atomic E-state index is 5.30. The summed E-state index contributed by atoms with van der Waals surface area (Å²) < 4.78 is 7.17. The van der Waals surface area contributed by atoms with Crippen molar-refractivity contribution in [3.8, 4) is 5.75 Å². The van der Waals surface area contributed by atoms with E-state index < -0.39 is 0 Å². The number of nitrogens with one attached hydrogen (secondary N) is 1. The molecule has 6 heteroatoms. The van der Waals surface area contributed by atoms with Crippen LogP contribution in [0.1, 0.15) is 48.6 Å². The van der Waals surface area contributed by atoms with Crippen molar-refractivity contribution in [2.75, 3.05) is 12.4 Å². The molecule has 1 aromatic carbocycles. The molecule has 2 aromatic heterocycles. The molecule has 2 fully saturated rings. The molecule has 27 heavy (non-hydrogen) atoms. The van der Waals surface area contributed by atoms with E-state index >= 15 is 0 Å². The van der Waals surface area contributed by atoms with Crippen molar-refractivity contribution in [3.05, 3.63) is 41.3 Å². The number of anilines is 2. The first-order valence-electron chi connectivity index (χ1n) is 9.78. The van der Waals surface area contributed by atoms with Crippen LogP contribution in [0.3, 0.4) is 0 Å². The Kier molecular flexibility index (Phi) is 3.81. The van der Waals surface area contributed by atoms with Gasteiger partial charge in [-0.25, -0.2) is 4.98 Å². The van der Waals surface area contributed by atoms with Gasteiger partial charge in [-0.05, 0) is 81.0 Å². The molecule has 0 saturated heterocycles. The van der Waals surface area contributed by atoms with Gasteiger partial charge in [0.15, 0.2) is 5.65 Å². The van der Waals surface area contributed by atoms with E-state index in [0.717, 1.165) is 40.3 Å². The van der Waals surface area contributed by atoms with Gasteiger partial charge in [-0.1, -0.05) is 0 Å². The fraction of sp³-hybridized carbons (Fsp3) is 0.476. The third-order valence-corrected chi connectivity index (χ3v) is 5.81. The Morgan fingerprint density at radius 2 is 1.85 bits per heavy atom. The number of ether oxygens (including phenoxy) is 1. The zero-order valence-electron chi connectivity index (χ0n) is 16.1. The zero-order valence-corrected chi connectivity index (χ0v) is 16.1. The lowest BCUT2D eigenvalue weighted by Crippen LogP contribution is -2.09. The smallest absolute Gasteiger partial charge is 0.232 e. The van der Waals surface area contributed by atoms with Crippen molar-refractivity contribution >= 4 is 17.3 Å². The molecule has 6 nitrogen and oxygen atoms in total. The Bertz CT molecular complexity index is 991. The lowest BCUT2D eigenvalue weighted by molar-refractivity contribution is 0.414. The van der Waals surface area contributed by atoms with Crippen molar-refractivity contribution in [2.24, 2.45) is 11.8 Å². The standard InChI is InChI=1S/C21H25N5O/c1-12-10-16(27-3)8-9-18(12)25-21-24-13(2)23-20-17(11-22-26(20)21)19(14-4-5-14)15-6-7-15/h8-11,14-15,19H,4-7H2,1-3H3,(H,23,24,25). The van der Waals surface area contributed by atoms with Crippen LogP contribution in [0, 0.1) is 25.7 Å². The second kappa shape index (κ2) is 6.22. The van der Waals surface area contributed by atoms with E-state index in [9.17, 15) is 0 Å². The summed E-state index contributed by atoms with van der Waals surface area (Å²) >= 11 is 0. The largest absolute Gasteiger partial charge is 0.497 e. The summed E-state index contributed by atoms with van der Waals surface area (Å²) in [4.78, 5) is 9.38. The number of aromatic nitrogens is 4. The minimum absolute atomic E-state index is 0.618. The first-order chi connectivity index (χ1) is 13.1. The molecule has 2 aliphatic carbocycles. The van der Waals surface area contributed by atoms with E-state index in [1.54, 1.807) is 7.11 Å². The van der Waals surface area contributed by atoms with E-state index in [1.165, 1.54) is 31.2 Å². The topological polar surface area (TPSA) is 64.3 Å². The fourth-order valence-corrected chi connectivity index (χ4v) is 4.14. The minimum Gasteiger partial charge on any atom is -0.497 e. The third-order valence-electron chi connectivity index (χ3n) is 5.81. The van der Waals surface area contributed by atoms with Gasteiger partial charge < -0.3 is 10.1 Å². The van der Waals surface area contributed by atoms with Gasteiger partial charge >= 0.3 is 0 Å². The van der Waals surface area contributed by atoms with Crippen molar-refractivity contribution in [1.29, 1.82) is 0 Å². The molecule has 0 aliphatic heterocycles. The molecule has 0 unspecified atom stereocenters. The van der Waals surface area contributed by atoms with E-state index in [1.807, 2.05) is 35.8 Å². The van der Waals surface area contributed by atoms with E-state index in [0.29, 0.717) is 11.9 Å². The van der Waals surface area contributed by atoms with E-state index in [2.05, 4.69) is 22.3 Å². The van der Waals surface area contributed by atoms with Crippen LogP contribution < -0.4 is 10.1 Å². The number of rotatable bonds is 6. The van der Waals surface area contributed by atoms with Gasteiger partial charge in [0.1, 0.15) is 11.6 Å². The molecule has 5 rings (SSSR count). The monoisotopic (exact) mass is 363 g/mol. The molecule has 2 aliphatic rings. The molecular formula is C21H25N5O. The van der Waals surface area contributed by atoms with Crippen molar-refractivity contribution in [3.63, 3.8) is 0 Å². The predicted octanol–water partition coefficient (Wildman–Crippen LogP) is 4.40. The zero-order chi connectivity index (χ0) is 18.5. The Balaban J connectivity index is 1.55. The number of methoxy groups -OCH3 is 1. The molecule has 0 atom stereocenters. The second-order valence-electron chi connectivity index (χ2n) is 7.94. The molecule has 0 radical (unpaired) electrons. The van der Waals surface area contributed by atoms with Gasteiger partial charge in [-0.3, -0.25) is 0 Å². The molecule has 0 amide bonds. The van der Waals surface area contributed by atoms with Crippen LogP contribution >= 0.6 is 0 Å². The number of hydrogen-bond acceptors (Lipinski definition) is 5. The van der Waals surface area contributed by atoms with Crippen molar-refractivity contribution in [2.45, 2.75) is 45.4 Å². The van der Waals surface area contributed by atoms with Gasteiger partial charge in [0, 0.05) is 11.3 Å². The average molecular weight is 363 g/mol. The predicted molar refractivity (Wildman–Crippen MR) is 105 cm³/mol. The van der Waals surface area contributed by atoms with E-state index in [4.69, 9.17) is 9.72 Å². The van der Waals surface area contributed by atoms with Gasteiger partial charge in [-0.15, -0.1) is 0 Å². The number of fused-ring (bicyclic) bond motifs is 1. The Morgan fingerprint density at radius 3 is 2.48 bits per heavy atom. The fourth-order valence-electron chi connectivity index (χ4n) is 4.14. The molecule has 2 saturated carbocycles. The highest BCUT2D eigenvalue weighted by Crippen LogP contribution is 2.55. The maximum absolute atomic E-state index is 5.30. The first-order valence-corrected chi connectivity index (χ1v) is 9.78. The Morgan fingerprint density at radius 1 is 1.11 bits per heavy atom. The summed E-state index contributed by atoms with van der Waals surface area (Å²) in [5.74, 6) is 4.58. The van der Waals surface area contributed by atoms with Crippen LogP contribution in [0.15, 0.2) is 24.4 Å². The normalized spacial score (nSPS) is 16.9. The summed E-state index contributed by atoms with van der Waals surface area (Å²) in [6.45, 7) is 4.01. The minimum atomic E-state index is 0.618. The SMILES string of the molecule is COc1ccc(Nc2nc(C)nc3c(C(C4CC4)C4CC4)cnn23)c(C)c1. The summed E-state index contributed by atoms with van der Waals surface area (Å²) in [6, 6.07) is 5.97. The molecule has 0 spiro atoms. The average Bonchev–Trinajstić information content (AvgIpc) is 3.57. The number of benzene rings is 1. The first kappa shape index (κ1) is 16.5. The Hall–Kier alpha value is -2.63. The van der Waals surface area contributed by atoms with Gasteiger partial charge in [0.2, 0.25) is 5.95 Å². The molecular weight excluding hydrogens is 338 g/mol. The van der Waals surface area contributed by atoms with Gasteiger partial charge in [-0.2, -0.15) is 14.6 Å². The van der Waals surface area contributed by atoms with Crippen molar-refractivity contribution < 1.29 is 4.74 Å². The highest BCUT2D eigenvalue weighted by Gasteiger charge is 2.43. The highest BCUT2D eigenvalue weighted by molar-refractivity contribution is 5.62. The molecule has 2 heterocycles. The van der Waals surface area contributed by atoms with Gasteiger partial charge in [0.05, 0.1) is 13.3 Å². The number of hydrogen-bond donors (Lipinski definition) is 1. The summed E-state index contributed by atoms with van der Waals surface area (Å²) in [5.41, 5.74) is 4.35. The van der Waals surface area contributed by atoms with E-state index in [-0.39, 0.29) is 0 Å². The van der Waals surface area contributed by atoms with Gasteiger partial charge in [0.25, 0.3) is 0 Å². The number of nitrogens with zero attached hydrogens (tertiary/aromatic N) is 4. The molecule has 140 valence electrons. The van der Waals surface area contributed by atoms with Crippen LogP contribution in [0.5, 0.6) is 5.75 Å². The van der Waals surface area contributed by atoms with Crippen LogP contribution in [0.25, 0.3) is 5.65 Å². The quantitative estimate of drug-likeness (QED) is 0.703. The Labute approximate surface area is 159 Å². The molecule has 1 N–H and O–H groups in total. The maximum Gasteiger partial charge on any atom is 0.232 e. The van der Waals surface area contributed by atoms with Crippen LogP contribution in [0.4, 0.5) is 11.6 Å². The second-order valence-corrected chi connectivity index (χ2v) is 7.94. The lowest BCUT2D eigenvalue weighted by atomic mass is 9.91. The highest BCUT2D eigenvalue weighted by atomic mass is 16.5. The molecule has 0 bridgehead atoms. The summed E-state index contributed by atoms with van der Waals surface area (Å²) in [6.07, 6.45) is 7.41. The van der Waals surface area contributed by atoms with Crippen molar-refractivity contribution in [1.82, 2.24) is 19.6 Å². The summed E-state index contributed by atoms with van der Waals surface area (Å²) in [5, 5.41) is 8.11. The molecule has 3 aromatic rings. The lowest BCUT2D eigenvalue weighted by Gasteiger charge is -2.15. The van der Waals surface area contributed by atoms with Crippen LogP contribution in [0.2, 0.25) is 0 Å². The number of aryl methyl sites for hydroxylation is 2. The van der Waals surface area contributed by atoms with Crippen LogP contribution in [-0.2, 0) is 0 Å². The summed E-state index contributed by atoms with van der Waals surface area (Å²) in [7, 11) is 1.68. The van der Waals surface area contributed by atoms with Crippen LogP contribution in [-0.4, -0.2) is 26.7 Å².